The minimum Gasteiger partial charge on any atom is -0.295 e. The Morgan fingerprint density at radius 1 is 1.27 bits per heavy atom. The molecule has 0 radical (unpaired) electrons. The van der Waals surface area contributed by atoms with Crippen LogP contribution in [-0.4, -0.2) is 11.6 Å². The lowest BCUT2D eigenvalue weighted by molar-refractivity contribution is -0.118. The number of rotatable bonds is 4. The molecule has 0 saturated heterocycles. The molecule has 0 heterocycles. The van der Waals surface area contributed by atoms with Gasteiger partial charge in [0.1, 0.15) is 0 Å². The molecule has 0 aromatic heterocycles. The number of carbonyl (C=O) groups excluding carboxylic acids is 2. The maximum Gasteiger partial charge on any atom is 0.158 e. The van der Waals surface area contributed by atoms with Crippen LogP contribution in [0.25, 0.3) is 0 Å². The second-order valence-electron chi connectivity index (χ2n) is 2.71. The zero-order valence-electron chi connectivity index (χ0n) is 7.26. The molecule has 0 atom stereocenters. The van der Waals surface area contributed by atoms with Crippen LogP contribution >= 0.6 is 0 Å². The fourth-order valence-corrected chi connectivity index (χ4v) is 0.485. The number of ketones is 2. The Kier molecular flexibility index (Phi) is 4.42. The van der Waals surface area contributed by atoms with E-state index in [1.165, 1.54) is 12.2 Å². The van der Waals surface area contributed by atoms with Gasteiger partial charge in [-0.1, -0.05) is 20.8 Å². The van der Waals surface area contributed by atoms with Crippen LogP contribution in [0, 0.1) is 5.92 Å². The van der Waals surface area contributed by atoms with Gasteiger partial charge in [0.05, 0.1) is 0 Å². The summed E-state index contributed by atoms with van der Waals surface area (Å²) in [5, 5.41) is 0. The van der Waals surface area contributed by atoms with Crippen LogP contribution in [0.4, 0.5) is 0 Å². The summed E-state index contributed by atoms with van der Waals surface area (Å²) in [6, 6.07) is 0. The van der Waals surface area contributed by atoms with Crippen molar-refractivity contribution in [2.75, 3.05) is 0 Å². The van der Waals surface area contributed by atoms with E-state index in [2.05, 4.69) is 0 Å². The van der Waals surface area contributed by atoms with E-state index in [4.69, 9.17) is 0 Å². The van der Waals surface area contributed by atoms with Gasteiger partial charge in [0.2, 0.25) is 0 Å². The number of carbonyl (C=O) groups is 2. The van der Waals surface area contributed by atoms with Gasteiger partial charge in [0.25, 0.3) is 0 Å². The highest BCUT2D eigenvalue weighted by Gasteiger charge is 2.01. The van der Waals surface area contributed by atoms with E-state index in [1.807, 2.05) is 13.8 Å². The maximum atomic E-state index is 10.9. The standard InChI is InChI=1S/C9H14O2/c1-4-8(10)5-6-9(11)7(2)3/h5-7H,4H2,1-3H3/b6-5+. The van der Waals surface area contributed by atoms with Crippen LogP contribution in [0.2, 0.25) is 0 Å². The highest BCUT2D eigenvalue weighted by Crippen LogP contribution is 1.95. The van der Waals surface area contributed by atoms with Crippen molar-refractivity contribution >= 4 is 11.6 Å². The first-order valence-corrected chi connectivity index (χ1v) is 3.82. The van der Waals surface area contributed by atoms with Crippen molar-refractivity contribution in [2.45, 2.75) is 27.2 Å². The van der Waals surface area contributed by atoms with Crippen LogP contribution in [-0.2, 0) is 9.59 Å². The molecule has 0 bridgehead atoms. The van der Waals surface area contributed by atoms with E-state index in [0.717, 1.165) is 0 Å². The Morgan fingerprint density at radius 3 is 2.18 bits per heavy atom. The first-order chi connectivity index (χ1) is 5.07. The Labute approximate surface area is 67.3 Å². The predicted octanol–water partition coefficient (Wildman–Crippen LogP) is 1.75. The molecule has 0 unspecified atom stereocenters. The molecule has 0 aromatic carbocycles. The third-order valence-corrected chi connectivity index (χ3v) is 1.35. The molecule has 11 heavy (non-hydrogen) atoms. The number of hydrogen-bond acceptors (Lipinski definition) is 2. The van der Waals surface area contributed by atoms with Crippen LogP contribution in [0.5, 0.6) is 0 Å². The molecule has 0 saturated carbocycles. The second kappa shape index (κ2) is 4.83. The lowest BCUT2D eigenvalue weighted by Gasteiger charge is -1.94. The molecule has 2 nitrogen and oxygen atoms in total. The Morgan fingerprint density at radius 2 is 1.82 bits per heavy atom. The second-order valence-corrected chi connectivity index (χ2v) is 2.71. The van der Waals surface area contributed by atoms with Crippen molar-refractivity contribution < 1.29 is 9.59 Å². The van der Waals surface area contributed by atoms with Gasteiger partial charge in [0.15, 0.2) is 11.6 Å². The van der Waals surface area contributed by atoms with Crippen molar-refractivity contribution in [1.82, 2.24) is 0 Å². The van der Waals surface area contributed by atoms with Gasteiger partial charge in [-0.2, -0.15) is 0 Å². The summed E-state index contributed by atoms with van der Waals surface area (Å²) >= 11 is 0. The highest BCUT2D eigenvalue weighted by molar-refractivity contribution is 5.99. The molecule has 0 aromatic rings. The van der Waals surface area contributed by atoms with E-state index in [-0.39, 0.29) is 17.5 Å². The molecule has 0 fully saturated rings. The third kappa shape index (κ3) is 4.48. The fourth-order valence-electron chi connectivity index (χ4n) is 0.485. The first kappa shape index (κ1) is 10.1. The van der Waals surface area contributed by atoms with Crippen LogP contribution in [0.1, 0.15) is 27.2 Å². The topological polar surface area (TPSA) is 34.1 Å². The van der Waals surface area contributed by atoms with Crippen molar-refractivity contribution in [1.29, 1.82) is 0 Å². The van der Waals surface area contributed by atoms with Gasteiger partial charge in [-0.15, -0.1) is 0 Å². The summed E-state index contributed by atoms with van der Waals surface area (Å²) in [5.74, 6) is -0.0123. The van der Waals surface area contributed by atoms with E-state index < -0.39 is 0 Å². The zero-order chi connectivity index (χ0) is 8.85. The Balaban J connectivity index is 3.93. The summed E-state index contributed by atoms with van der Waals surface area (Å²) < 4.78 is 0. The molecular weight excluding hydrogens is 140 g/mol. The average molecular weight is 154 g/mol. The molecule has 0 rings (SSSR count). The van der Waals surface area contributed by atoms with Crippen LogP contribution < -0.4 is 0 Å². The smallest absolute Gasteiger partial charge is 0.158 e. The SMILES string of the molecule is CCC(=O)/C=C/C(=O)C(C)C. The molecule has 0 aliphatic rings. The molecule has 0 spiro atoms. The third-order valence-electron chi connectivity index (χ3n) is 1.35. The van der Waals surface area contributed by atoms with E-state index >= 15 is 0 Å². The van der Waals surface area contributed by atoms with Gasteiger partial charge in [-0.05, 0) is 12.2 Å². The summed E-state index contributed by atoms with van der Waals surface area (Å²) in [4.78, 5) is 21.6. The van der Waals surface area contributed by atoms with E-state index in [1.54, 1.807) is 6.92 Å². The van der Waals surface area contributed by atoms with Crippen molar-refractivity contribution in [2.24, 2.45) is 5.92 Å². The van der Waals surface area contributed by atoms with Gasteiger partial charge in [0, 0.05) is 12.3 Å². The summed E-state index contributed by atoms with van der Waals surface area (Å²) in [6.07, 6.45) is 3.17. The lowest BCUT2D eigenvalue weighted by atomic mass is 10.1. The first-order valence-electron chi connectivity index (χ1n) is 3.82. The Bertz CT molecular complexity index is 178. The Hall–Kier alpha value is -0.920. The normalized spacial score (nSPS) is 10.9. The zero-order valence-corrected chi connectivity index (χ0v) is 7.26. The molecule has 2 heteroatoms. The number of allylic oxidation sites excluding steroid dienone is 2. The summed E-state index contributed by atoms with van der Waals surface area (Å²) in [6.45, 7) is 5.39. The summed E-state index contributed by atoms with van der Waals surface area (Å²) in [5.41, 5.74) is 0. The van der Waals surface area contributed by atoms with Gasteiger partial charge >= 0.3 is 0 Å². The van der Waals surface area contributed by atoms with Crippen molar-refractivity contribution in [3.8, 4) is 0 Å². The van der Waals surface area contributed by atoms with Gasteiger partial charge < -0.3 is 0 Å². The van der Waals surface area contributed by atoms with Gasteiger partial charge in [-0.3, -0.25) is 9.59 Å². The van der Waals surface area contributed by atoms with E-state index in [0.29, 0.717) is 6.42 Å². The lowest BCUT2D eigenvalue weighted by Crippen LogP contribution is -2.03. The molecule has 0 aliphatic carbocycles. The number of hydrogen-bond donors (Lipinski definition) is 0. The minimum atomic E-state index is -0.0177. The predicted molar refractivity (Wildman–Crippen MR) is 44.3 cm³/mol. The van der Waals surface area contributed by atoms with Crippen LogP contribution in [0.15, 0.2) is 12.2 Å². The summed E-state index contributed by atoms with van der Waals surface area (Å²) in [7, 11) is 0. The average Bonchev–Trinajstić information content (AvgIpc) is 1.99. The maximum absolute atomic E-state index is 10.9. The monoisotopic (exact) mass is 154 g/mol. The molecule has 62 valence electrons. The molecule has 0 N–H and O–H groups in total. The van der Waals surface area contributed by atoms with Crippen LogP contribution in [0.3, 0.4) is 0 Å². The fraction of sp³-hybridized carbons (Fsp3) is 0.556. The highest BCUT2D eigenvalue weighted by atomic mass is 16.1. The molecule has 0 aliphatic heterocycles. The largest absolute Gasteiger partial charge is 0.295 e. The van der Waals surface area contributed by atoms with E-state index in [9.17, 15) is 9.59 Å². The quantitative estimate of drug-likeness (QED) is 0.578. The molecule has 0 amide bonds. The molecular formula is C9H14O2. The van der Waals surface area contributed by atoms with Crippen molar-refractivity contribution in [3.05, 3.63) is 12.2 Å². The van der Waals surface area contributed by atoms with Gasteiger partial charge in [-0.25, -0.2) is 0 Å². The van der Waals surface area contributed by atoms with Crippen molar-refractivity contribution in [3.63, 3.8) is 0 Å². The minimum absolute atomic E-state index is 0.000926.